The highest BCUT2D eigenvalue weighted by molar-refractivity contribution is 9.10. The lowest BCUT2D eigenvalue weighted by atomic mass is 10.2. The van der Waals surface area contributed by atoms with E-state index in [-0.39, 0.29) is 0 Å². The van der Waals surface area contributed by atoms with Crippen molar-refractivity contribution in [3.63, 3.8) is 0 Å². The van der Waals surface area contributed by atoms with E-state index in [0.29, 0.717) is 6.04 Å². The molecule has 1 unspecified atom stereocenters. The molecule has 2 aromatic rings. The van der Waals surface area contributed by atoms with Crippen molar-refractivity contribution in [1.29, 1.82) is 0 Å². The summed E-state index contributed by atoms with van der Waals surface area (Å²) in [4.78, 5) is 1.38. The lowest BCUT2D eigenvalue weighted by Gasteiger charge is -2.05. The smallest absolute Gasteiger partial charge is 0.0384 e. The molecule has 0 saturated carbocycles. The van der Waals surface area contributed by atoms with Gasteiger partial charge in [-0.2, -0.15) is 0 Å². The van der Waals surface area contributed by atoms with Crippen molar-refractivity contribution < 1.29 is 0 Å². The molecule has 3 heteroatoms. The topological polar surface area (TPSA) is 12.0 Å². The van der Waals surface area contributed by atoms with Crippen molar-refractivity contribution >= 4 is 37.4 Å². The Morgan fingerprint density at radius 3 is 2.86 bits per heavy atom. The monoisotopic (exact) mass is 269 g/mol. The number of halogens is 1. The fourth-order valence-corrected chi connectivity index (χ4v) is 3.16. The first-order chi connectivity index (χ1) is 6.72. The van der Waals surface area contributed by atoms with Gasteiger partial charge in [0.2, 0.25) is 0 Å². The van der Waals surface area contributed by atoms with Gasteiger partial charge in [-0.25, -0.2) is 0 Å². The molecule has 0 radical (unpaired) electrons. The zero-order valence-electron chi connectivity index (χ0n) is 8.17. The van der Waals surface area contributed by atoms with Crippen molar-refractivity contribution in [3.05, 3.63) is 33.6 Å². The van der Waals surface area contributed by atoms with Crippen LogP contribution in [0, 0.1) is 0 Å². The maximum atomic E-state index is 3.57. The van der Waals surface area contributed by atoms with E-state index in [1.54, 1.807) is 0 Å². The average Bonchev–Trinajstić information content (AvgIpc) is 2.62. The van der Waals surface area contributed by atoms with Crippen molar-refractivity contribution in [2.45, 2.75) is 13.0 Å². The van der Waals surface area contributed by atoms with Crippen molar-refractivity contribution in [3.8, 4) is 0 Å². The first-order valence-corrected chi connectivity index (χ1v) is 6.18. The molecular formula is C11H12BrNS. The molecule has 0 saturated heterocycles. The third kappa shape index (κ3) is 1.72. The van der Waals surface area contributed by atoms with Gasteiger partial charge < -0.3 is 5.32 Å². The van der Waals surface area contributed by atoms with E-state index in [2.05, 4.69) is 52.4 Å². The molecule has 0 aliphatic heterocycles. The van der Waals surface area contributed by atoms with Gasteiger partial charge in [0, 0.05) is 25.5 Å². The number of fused-ring (bicyclic) bond motifs is 1. The molecule has 74 valence electrons. The predicted molar refractivity (Wildman–Crippen MR) is 67.0 cm³/mol. The molecule has 1 nitrogen and oxygen atoms in total. The molecule has 1 aromatic carbocycles. The second-order valence-electron chi connectivity index (χ2n) is 3.31. The Bertz CT molecular complexity index is 449. The SMILES string of the molecule is CNC(C)c1cc2c(Br)cccc2s1. The van der Waals surface area contributed by atoms with Gasteiger partial charge in [0.15, 0.2) is 0 Å². The summed E-state index contributed by atoms with van der Waals surface area (Å²) in [5, 5.41) is 4.57. The van der Waals surface area contributed by atoms with Crippen molar-refractivity contribution in [2.75, 3.05) is 7.05 Å². The van der Waals surface area contributed by atoms with Crippen LogP contribution in [-0.2, 0) is 0 Å². The molecule has 1 aromatic heterocycles. The molecule has 0 bridgehead atoms. The van der Waals surface area contributed by atoms with E-state index < -0.39 is 0 Å². The van der Waals surface area contributed by atoms with Crippen LogP contribution in [0.4, 0.5) is 0 Å². The van der Waals surface area contributed by atoms with Gasteiger partial charge in [-0.15, -0.1) is 11.3 Å². The van der Waals surface area contributed by atoms with Gasteiger partial charge in [0.25, 0.3) is 0 Å². The maximum absolute atomic E-state index is 3.57. The first kappa shape index (κ1) is 10.1. The largest absolute Gasteiger partial charge is 0.313 e. The van der Waals surface area contributed by atoms with Crippen molar-refractivity contribution in [2.24, 2.45) is 0 Å². The van der Waals surface area contributed by atoms with E-state index in [9.17, 15) is 0 Å². The van der Waals surface area contributed by atoms with Crippen LogP contribution in [0.2, 0.25) is 0 Å². The Balaban J connectivity index is 2.56. The van der Waals surface area contributed by atoms with Gasteiger partial charge in [-0.1, -0.05) is 22.0 Å². The Hall–Kier alpha value is -0.380. The van der Waals surface area contributed by atoms with Crippen LogP contribution >= 0.6 is 27.3 Å². The van der Waals surface area contributed by atoms with Gasteiger partial charge in [-0.05, 0) is 32.2 Å². The molecule has 0 aliphatic carbocycles. The number of hydrogen-bond donors (Lipinski definition) is 1. The van der Waals surface area contributed by atoms with Crippen LogP contribution in [0.25, 0.3) is 10.1 Å². The summed E-state index contributed by atoms with van der Waals surface area (Å²) in [6.45, 7) is 2.18. The minimum Gasteiger partial charge on any atom is -0.313 e. The van der Waals surface area contributed by atoms with Crippen LogP contribution in [0.5, 0.6) is 0 Å². The number of hydrogen-bond acceptors (Lipinski definition) is 2. The number of thiophene rings is 1. The normalized spacial score (nSPS) is 13.4. The third-order valence-corrected chi connectivity index (χ3v) is 4.36. The highest BCUT2D eigenvalue weighted by Crippen LogP contribution is 2.33. The van der Waals surface area contributed by atoms with Crippen LogP contribution in [0.3, 0.4) is 0 Å². The van der Waals surface area contributed by atoms with E-state index in [1.807, 2.05) is 18.4 Å². The van der Waals surface area contributed by atoms with Gasteiger partial charge >= 0.3 is 0 Å². The summed E-state index contributed by atoms with van der Waals surface area (Å²) in [7, 11) is 1.99. The highest BCUT2D eigenvalue weighted by Gasteiger charge is 2.08. The molecule has 0 aliphatic rings. The van der Waals surface area contributed by atoms with Gasteiger partial charge in [-0.3, -0.25) is 0 Å². The Morgan fingerprint density at radius 2 is 2.21 bits per heavy atom. The van der Waals surface area contributed by atoms with Gasteiger partial charge in [0.1, 0.15) is 0 Å². The highest BCUT2D eigenvalue weighted by atomic mass is 79.9. The van der Waals surface area contributed by atoms with Crippen LogP contribution < -0.4 is 5.32 Å². The molecule has 2 rings (SSSR count). The predicted octanol–water partition coefficient (Wildman–Crippen LogP) is 3.94. The Kier molecular flexibility index (Phi) is 2.91. The van der Waals surface area contributed by atoms with Crippen LogP contribution in [-0.4, -0.2) is 7.05 Å². The fourth-order valence-electron chi connectivity index (χ4n) is 1.40. The zero-order chi connectivity index (χ0) is 10.1. The summed E-state index contributed by atoms with van der Waals surface area (Å²) in [5.41, 5.74) is 0. The summed E-state index contributed by atoms with van der Waals surface area (Å²) in [5.74, 6) is 0. The molecule has 1 atom stereocenters. The van der Waals surface area contributed by atoms with Crippen LogP contribution in [0.15, 0.2) is 28.7 Å². The molecule has 0 amide bonds. The molecule has 14 heavy (non-hydrogen) atoms. The molecule has 1 heterocycles. The van der Waals surface area contributed by atoms with E-state index in [4.69, 9.17) is 0 Å². The zero-order valence-corrected chi connectivity index (χ0v) is 10.6. The quantitative estimate of drug-likeness (QED) is 0.871. The second-order valence-corrected chi connectivity index (χ2v) is 5.28. The maximum Gasteiger partial charge on any atom is 0.0384 e. The van der Waals surface area contributed by atoms with E-state index in [0.717, 1.165) is 0 Å². The lowest BCUT2D eigenvalue weighted by molar-refractivity contribution is 0.664. The minimum atomic E-state index is 0.430. The van der Waals surface area contributed by atoms with Crippen molar-refractivity contribution in [1.82, 2.24) is 5.32 Å². The number of rotatable bonds is 2. The second kappa shape index (κ2) is 4.01. The molecule has 0 spiro atoms. The molecule has 0 fully saturated rings. The Labute approximate surface area is 96.3 Å². The molecule has 1 N–H and O–H groups in total. The summed E-state index contributed by atoms with van der Waals surface area (Å²) >= 11 is 5.42. The molecular weight excluding hydrogens is 258 g/mol. The summed E-state index contributed by atoms with van der Waals surface area (Å²) < 4.78 is 2.53. The lowest BCUT2D eigenvalue weighted by Crippen LogP contribution is -2.10. The third-order valence-electron chi connectivity index (χ3n) is 2.39. The first-order valence-electron chi connectivity index (χ1n) is 4.57. The Morgan fingerprint density at radius 1 is 1.43 bits per heavy atom. The number of benzene rings is 1. The fraction of sp³-hybridized carbons (Fsp3) is 0.273. The standard InChI is InChI=1S/C11H12BrNS/c1-7(13-2)11-6-8-9(12)4-3-5-10(8)14-11/h3-7,13H,1-2H3. The number of nitrogens with one attached hydrogen (secondary N) is 1. The summed E-state index contributed by atoms with van der Waals surface area (Å²) in [6.07, 6.45) is 0. The summed E-state index contributed by atoms with van der Waals surface area (Å²) in [6, 6.07) is 9.01. The van der Waals surface area contributed by atoms with Gasteiger partial charge in [0.05, 0.1) is 0 Å². The average molecular weight is 270 g/mol. The minimum absolute atomic E-state index is 0.430. The van der Waals surface area contributed by atoms with E-state index in [1.165, 1.54) is 19.4 Å². The van der Waals surface area contributed by atoms with E-state index >= 15 is 0 Å². The van der Waals surface area contributed by atoms with Crippen LogP contribution in [0.1, 0.15) is 17.8 Å².